The number of likely N-dealkylation sites (tertiary alicyclic amines) is 1. The van der Waals surface area contributed by atoms with Gasteiger partial charge < -0.3 is 4.90 Å². The number of hydrogen-bond donors (Lipinski definition) is 0. The number of carbonyl (C=O) groups excluding carboxylic acids is 1. The number of aryl methyl sites for hydroxylation is 1. The monoisotopic (exact) mass is 357 g/mol. The average Bonchev–Trinajstić information content (AvgIpc) is 2.62. The minimum Gasteiger partial charge on any atom is -0.339 e. The van der Waals surface area contributed by atoms with Gasteiger partial charge >= 0.3 is 0 Å². The van der Waals surface area contributed by atoms with Crippen molar-refractivity contribution >= 4 is 15.7 Å². The van der Waals surface area contributed by atoms with Crippen LogP contribution in [0.5, 0.6) is 0 Å². The molecule has 3 rings (SSSR count). The molecule has 132 valence electrons. The molecule has 4 nitrogen and oxygen atoms in total. The predicted octanol–water partition coefficient (Wildman–Crippen LogP) is 3.21. The first-order chi connectivity index (χ1) is 12.0. The summed E-state index contributed by atoms with van der Waals surface area (Å²) in [5.74, 6) is 0.0709. The fourth-order valence-corrected chi connectivity index (χ4v) is 5.15. The zero-order valence-corrected chi connectivity index (χ0v) is 15.2. The van der Waals surface area contributed by atoms with Crippen LogP contribution in [0.15, 0.2) is 54.6 Å². The van der Waals surface area contributed by atoms with Crippen molar-refractivity contribution in [3.8, 4) is 0 Å². The summed E-state index contributed by atoms with van der Waals surface area (Å²) >= 11 is 0. The maximum Gasteiger partial charge on any atom is 0.254 e. The minimum atomic E-state index is -3.20. The van der Waals surface area contributed by atoms with Gasteiger partial charge in [-0.1, -0.05) is 48.5 Å². The molecule has 0 aliphatic carbocycles. The van der Waals surface area contributed by atoms with E-state index in [1.807, 2.05) is 61.5 Å². The van der Waals surface area contributed by atoms with Crippen molar-refractivity contribution in [3.05, 3.63) is 71.3 Å². The van der Waals surface area contributed by atoms with E-state index in [1.165, 1.54) is 0 Å². The van der Waals surface area contributed by atoms with Crippen LogP contribution in [0.2, 0.25) is 0 Å². The summed E-state index contributed by atoms with van der Waals surface area (Å²) in [5, 5.41) is -0.367. The van der Waals surface area contributed by atoms with Crippen molar-refractivity contribution in [3.63, 3.8) is 0 Å². The Labute approximate surface area is 149 Å². The van der Waals surface area contributed by atoms with Gasteiger partial charge in [-0.2, -0.15) is 0 Å². The van der Waals surface area contributed by atoms with Gasteiger partial charge in [-0.15, -0.1) is 0 Å². The molecule has 1 amide bonds. The van der Waals surface area contributed by atoms with E-state index in [1.54, 1.807) is 4.90 Å². The molecule has 0 saturated carbocycles. The molecule has 5 heteroatoms. The molecule has 1 heterocycles. The summed E-state index contributed by atoms with van der Waals surface area (Å²) in [5.41, 5.74) is 2.47. The molecule has 0 N–H and O–H groups in total. The van der Waals surface area contributed by atoms with Crippen LogP contribution >= 0.6 is 0 Å². The van der Waals surface area contributed by atoms with Crippen molar-refractivity contribution in [2.24, 2.45) is 0 Å². The summed E-state index contributed by atoms with van der Waals surface area (Å²) in [6, 6.07) is 16.8. The Kier molecular flexibility index (Phi) is 5.23. The third-order valence-electron chi connectivity index (χ3n) is 4.82. The molecule has 0 aromatic heterocycles. The number of amides is 1. The third-order valence-corrected chi connectivity index (χ3v) is 7.05. The van der Waals surface area contributed by atoms with Gasteiger partial charge in [0.05, 0.1) is 11.0 Å². The smallest absolute Gasteiger partial charge is 0.254 e. The van der Waals surface area contributed by atoms with Crippen LogP contribution in [0, 0.1) is 6.92 Å². The fourth-order valence-electron chi connectivity index (χ4n) is 3.33. The number of piperidine rings is 1. The van der Waals surface area contributed by atoms with E-state index in [2.05, 4.69) is 0 Å². The molecule has 1 aliphatic heterocycles. The van der Waals surface area contributed by atoms with Crippen LogP contribution in [0.3, 0.4) is 0 Å². The second kappa shape index (κ2) is 7.40. The van der Waals surface area contributed by atoms with E-state index in [4.69, 9.17) is 0 Å². The van der Waals surface area contributed by atoms with Gasteiger partial charge in [0.25, 0.3) is 5.91 Å². The largest absolute Gasteiger partial charge is 0.339 e. The number of sulfone groups is 1. The van der Waals surface area contributed by atoms with Crippen molar-refractivity contribution in [1.29, 1.82) is 0 Å². The Morgan fingerprint density at radius 2 is 1.60 bits per heavy atom. The number of hydrogen-bond acceptors (Lipinski definition) is 3. The lowest BCUT2D eigenvalue weighted by Gasteiger charge is -2.32. The molecule has 1 aliphatic rings. The van der Waals surface area contributed by atoms with Crippen molar-refractivity contribution in [2.75, 3.05) is 13.1 Å². The number of nitrogens with zero attached hydrogens (tertiary/aromatic N) is 1. The molecular weight excluding hydrogens is 334 g/mol. The lowest BCUT2D eigenvalue weighted by molar-refractivity contribution is 0.0725. The normalized spacial score (nSPS) is 16.0. The van der Waals surface area contributed by atoms with E-state index in [0.717, 1.165) is 11.1 Å². The standard InChI is InChI=1S/C20H23NO3S/c1-16-7-5-6-10-19(16)20(22)21-13-11-18(12-14-21)25(23,24)15-17-8-3-2-4-9-17/h2-10,18H,11-15H2,1H3. The summed E-state index contributed by atoms with van der Waals surface area (Å²) in [4.78, 5) is 14.4. The van der Waals surface area contributed by atoms with Crippen molar-refractivity contribution in [2.45, 2.75) is 30.8 Å². The Morgan fingerprint density at radius 1 is 1.00 bits per heavy atom. The molecule has 2 aromatic carbocycles. The Balaban J connectivity index is 1.63. The van der Waals surface area contributed by atoms with Gasteiger partial charge in [0, 0.05) is 18.7 Å². The van der Waals surface area contributed by atoms with Crippen LogP contribution < -0.4 is 0 Å². The van der Waals surface area contributed by atoms with E-state index >= 15 is 0 Å². The Bertz CT molecular complexity index is 838. The zero-order chi connectivity index (χ0) is 17.9. The number of carbonyl (C=O) groups is 1. The van der Waals surface area contributed by atoms with Crippen LogP contribution in [0.25, 0.3) is 0 Å². The maximum absolute atomic E-state index is 12.7. The van der Waals surface area contributed by atoms with E-state index in [9.17, 15) is 13.2 Å². The van der Waals surface area contributed by atoms with E-state index in [-0.39, 0.29) is 16.9 Å². The Morgan fingerprint density at radius 3 is 2.24 bits per heavy atom. The predicted molar refractivity (Wildman–Crippen MR) is 99.2 cm³/mol. The SMILES string of the molecule is Cc1ccccc1C(=O)N1CCC(S(=O)(=O)Cc2ccccc2)CC1. The van der Waals surface area contributed by atoms with Gasteiger partial charge in [-0.05, 0) is 37.0 Å². The summed E-state index contributed by atoms with van der Waals surface area (Å²) in [6.45, 7) is 2.90. The van der Waals surface area contributed by atoms with Gasteiger partial charge in [0.15, 0.2) is 9.84 Å². The van der Waals surface area contributed by atoms with Crippen LogP contribution in [-0.2, 0) is 15.6 Å². The van der Waals surface area contributed by atoms with E-state index in [0.29, 0.717) is 31.5 Å². The maximum atomic E-state index is 12.7. The summed E-state index contributed by atoms with van der Waals surface area (Å²) in [7, 11) is -3.20. The molecule has 25 heavy (non-hydrogen) atoms. The van der Waals surface area contributed by atoms with Crippen molar-refractivity contribution in [1.82, 2.24) is 4.90 Å². The molecule has 0 spiro atoms. The van der Waals surface area contributed by atoms with Crippen molar-refractivity contribution < 1.29 is 13.2 Å². The van der Waals surface area contributed by atoms with E-state index < -0.39 is 9.84 Å². The molecule has 2 aromatic rings. The lowest BCUT2D eigenvalue weighted by atomic mass is 10.1. The third kappa shape index (κ3) is 4.10. The van der Waals surface area contributed by atoms with Gasteiger partial charge in [0.2, 0.25) is 0 Å². The van der Waals surface area contributed by atoms with Gasteiger partial charge in [-0.3, -0.25) is 4.79 Å². The highest BCUT2D eigenvalue weighted by molar-refractivity contribution is 7.91. The Hall–Kier alpha value is -2.14. The van der Waals surface area contributed by atoms with Crippen LogP contribution in [0.4, 0.5) is 0 Å². The number of rotatable bonds is 4. The molecule has 0 bridgehead atoms. The first-order valence-corrected chi connectivity index (χ1v) is 10.3. The van der Waals surface area contributed by atoms with Gasteiger partial charge in [0.1, 0.15) is 0 Å². The highest BCUT2D eigenvalue weighted by atomic mass is 32.2. The molecule has 0 unspecified atom stereocenters. The molecular formula is C20H23NO3S. The first-order valence-electron chi connectivity index (χ1n) is 8.58. The summed E-state index contributed by atoms with van der Waals surface area (Å²) < 4.78 is 25.3. The minimum absolute atomic E-state index is 0.00277. The lowest BCUT2D eigenvalue weighted by Crippen LogP contribution is -2.43. The second-order valence-electron chi connectivity index (χ2n) is 6.60. The topological polar surface area (TPSA) is 54.5 Å². The number of benzene rings is 2. The first kappa shape index (κ1) is 17.7. The van der Waals surface area contributed by atoms with Crippen LogP contribution in [0.1, 0.15) is 34.3 Å². The summed E-state index contributed by atoms with van der Waals surface area (Å²) in [6.07, 6.45) is 1.01. The zero-order valence-electron chi connectivity index (χ0n) is 14.4. The van der Waals surface area contributed by atoms with Gasteiger partial charge in [-0.25, -0.2) is 8.42 Å². The average molecular weight is 357 g/mol. The molecule has 1 saturated heterocycles. The second-order valence-corrected chi connectivity index (χ2v) is 8.88. The molecule has 0 radical (unpaired) electrons. The van der Waals surface area contributed by atoms with Crippen LogP contribution in [-0.4, -0.2) is 37.6 Å². The molecule has 0 atom stereocenters. The fraction of sp³-hybridized carbons (Fsp3) is 0.350. The highest BCUT2D eigenvalue weighted by Gasteiger charge is 2.32. The quantitative estimate of drug-likeness (QED) is 0.844. The highest BCUT2D eigenvalue weighted by Crippen LogP contribution is 2.23. The molecule has 1 fully saturated rings.